The zero-order valence-electron chi connectivity index (χ0n) is 11.0. The Morgan fingerprint density at radius 2 is 2.00 bits per heavy atom. The summed E-state index contributed by atoms with van der Waals surface area (Å²) < 4.78 is 18.4. The normalized spacial score (nSPS) is 10.9. The molecule has 3 rings (SSSR count). The van der Waals surface area contributed by atoms with Crippen LogP contribution in [0.2, 0.25) is 0 Å². The number of nitrogens with two attached hydrogens (primary N) is 1. The first-order valence-electron chi connectivity index (χ1n) is 6.01. The number of thiophene rings is 1. The van der Waals surface area contributed by atoms with Crippen molar-refractivity contribution in [2.75, 3.05) is 5.73 Å². The van der Waals surface area contributed by atoms with Gasteiger partial charge in [0, 0.05) is 5.56 Å². The fraction of sp³-hybridized carbons (Fsp3) is 0.143. The molecule has 0 amide bonds. The Bertz CT molecular complexity index is 779. The van der Waals surface area contributed by atoms with E-state index in [1.54, 1.807) is 6.07 Å². The number of rotatable bonds is 2. The fourth-order valence-corrected chi connectivity index (χ4v) is 2.88. The second-order valence-electron chi connectivity index (χ2n) is 4.54. The number of nitrogen functional groups attached to an aromatic ring is 1. The minimum atomic E-state index is -0.281. The van der Waals surface area contributed by atoms with Gasteiger partial charge in [-0.2, -0.15) is 4.98 Å². The highest BCUT2D eigenvalue weighted by molar-refractivity contribution is 7.19. The fourth-order valence-electron chi connectivity index (χ4n) is 2.02. The van der Waals surface area contributed by atoms with Gasteiger partial charge in [0.15, 0.2) is 0 Å². The van der Waals surface area contributed by atoms with Crippen molar-refractivity contribution in [1.82, 2.24) is 10.1 Å². The van der Waals surface area contributed by atoms with E-state index in [1.165, 1.54) is 23.5 Å². The van der Waals surface area contributed by atoms with Crippen molar-refractivity contribution in [1.29, 1.82) is 0 Å². The van der Waals surface area contributed by atoms with Crippen LogP contribution in [0, 0.1) is 19.7 Å². The summed E-state index contributed by atoms with van der Waals surface area (Å²) in [6.45, 7) is 3.75. The van der Waals surface area contributed by atoms with Gasteiger partial charge in [0.05, 0.1) is 9.88 Å². The summed E-state index contributed by atoms with van der Waals surface area (Å²) >= 11 is 1.40. The first-order chi connectivity index (χ1) is 9.54. The molecule has 2 aromatic heterocycles. The van der Waals surface area contributed by atoms with E-state index in [0.717, 1.165) is 21.6 Å². The quantitative estimate of drug-likeness (QED) is 0.779. The lowest BCUT2D eigenvalue weighted by Crippen LogP contribution is -1.87. The minimum absolute atomic E-state index is 0.281. The Hall–Kier alpha value is -2.21. The predicted octanol–water partition coefficient (Wildman–Crippen LogP) is 3.80. The second-order valence-corrected chi connectivity index (χ2v) is 5.63. The maximum absolute atomic E-state index is 13.1. The van der Waals surface area contributed by atoms with E-state index in [2.05, 4.69) is 10.1 Å². The Kier molecular flexibility index (Phi) is 3.02. The molecule has 0 atom stereocenters. The third kappa shape index (κ3) is 2.18. The average Bonchev–Trinajstić information content (AvgIpc) is 2.96. The topological polar surface area (TPSA) is 64.9 Å². The molecule has 0 spiro atoms. The molecule has 0 unspecified atom stereocenters. The number of hydrogen-bond donors (Lipinski definition) is 1. The molecular weight excluding hydrogens is 277 g/mol. The van der Waals surface area contributed by atoms with Crippen LogP contribution in [0.5, 0.6) is 0 Å². The lowest BCUT2D eigenvalue weighted by Gasteiger charge is -1.99. The molecule has 0 aliphatic carbocycles. The summed E-state index contributed by atoms with van der Waals surface area (Å²) in [5.41, 5.74) is 8.28. The number of aromatic nitrogens is 2. The maximum Gasteiger partial charge on any atom is 0.268 e. The number of halogens is 1. The monoisotopic (exact) mass is 289 g/mol. The van der Waals surface area contributed by atoms with Gasteiger partial charge in [-0.25, -0.2) is 4.39 Å². The summed E-state index contributed by atoms with van der Waals surface area (Å²) in [5.74, 6) is 0.601. The Balaban J connectivity index is 2.04. The van der Waals surface area contributed by atoms with Crippen molar-refractivity contribution in [2.45, 2.75) is 13.8 Å². The van der Waals surface area contributed by atoms with Crippen LogP contribution in [-0.4, -0.2) is 10.1 Å². The van der Waals surface area contributed by atoms with E-state index >= 15 is 0 Å². The van der Waals surface area contributed by atoms with Crippen LogP contribution in [0.25, 0.3) is 22.2 Å². The second kappa shape index (κ2) is 4.72. The standard InChI is InChI=1S/C14H12FN3OS/c1-7-5-9(15)3-4-10(7)13-17-14(19-18-13)12-8(2)6-11(16)20-12/h3-6H,16H2,1-2H3. The first kappa shape index (κ1) is 12.8. The smallest absolute Gasteiger partial charge is 0.268 e. The number of anilines is 1. The van der Waals surface area contributed by atoms with Crippen LogP contribution in [0.15, 0.2) is 28.8 Å². The predicted molar refractivity (Wildman–Crippen MR) is 76.9 cm³/mol. The highest BCUT2D eigenvalue weighted by Crippen LogP contribution is 2.34. The Morgan fingerprint density at radius 3 is 2.65 bits per heavy atom. The Labute approximate surface area is 119 Å². The van der Waals surface area contributed by atoms with Crippen molar-refractivity contribution in [2.24, 2.45) is 0 Å². The zero-order valence-corrected chi connectivity index (χ0v) is 11.8. The molecule has 20 heavy (non-hydrogen) atoms. The molecule has 0 saturated heterocycles. The van der Waals surface area contributed by atoms with Crippen LogP contribution in [0.1, 0.15) is 11.1 Å². The van der Waals surface area contributed by atoms with E-state index in [4.69, 9.17) is 10.3 Å². The van der Waals surface area contributed by atoms with Crippen LogP contribution in [-0.2, 0) is 0 Å². The number of aryl methyl sites for hydroxylation is 2. The third-order valence-corrected chi connectivity index (χ3v) is 4.04. The van der Waals surface area contributed by atoms with Gasteiger partial charge in [-0.3, -0.25) is 0 Å². The number of nitrogens with zero attached hydrogens (tertiary/aromatic N) is 2. The van der Waals surface area contributed by atoms with E-state index in [1.807, 2.05) is 19.9 Å². The van der Waals surface area contributed by atoms with Crippen molar-refractivity contribution in [3.8, 4) is 22.2 Å². The van der Waals surface area contributed by atoms with E-state index < -0.39 is 0 Å². The average molecular weight is 289 g/mol. The summed E-state index contributed by atoms with van der Waals surface area (Å²) in [6, 6.07) is 6.34. The molecule has 0 bridgehead atoms. The molecule has 6 heteroatoms. The van der Waals surface area contributed by atoms with Crippen LogP contribution >= 0.6 is 11.3 Å². The molecule has 0 saturated carbocycles. The van der Waals surface area contributed by atoms with Crippen LogP contribution in [0.3, 0.4) is 0 Å². The lowest BCUT2D eigenvalue weighted by atomic mass is 10.1. The summed E-state index contributed by atoms with van der Waals surface area (Å²) in [6.07, 6.45) is 0. The minimum Gasteiger partial charge on any atom is -0.391 e. The van der Waals surface area contributed by atoms with Crippen molar-refractivity contribution >= 4 is 16.3 Å². The Morgan fingerprint density at radius 1 is 1.20 bits per heavy atom. The maximum atomic E-state index is 13.1. The van der Waals surface area contributed by atoms with Gasteiger partial charge >= 0.3 is 0 Å². The molecule has 0 aliphatic heterocycles. The molecule has 102 valence electrons. The molecule has 0 radical (unpaired) electrons. The molecule has 1 aromatic carbocycles. The lowest BCUT2D eigenvalue weighted by molar-refractivity contribution is 0.433. The molecule has 2 heterocycles. The number of benzene rings is 1. The molecular formula is C14H12FN3OS. The van der Waals surface area contributed by atoms with Crippen molar-refractivity contribution in [3.05, 3.63) is 41.2 Å². The van der Waals surface area contributed by atoms with Gasteiger partial charge in [-0.1, -0.05) is 5.16 Å². The van der Waals surface area contributed by atoms with Crippen LogP contribution in [0.4, 0.5) is 9.39 Å². The molecule has 4 nitrogen and oxygen atoms in total. The number of hydrogen-bond acceptors (Lipinski definition) is 5. The van der Waals surface area contributed by atoms with Gasteiger partial charge < -0.3 is 10.3 Å². The van der Waals surface area contributed by atoms with E-state index in [-0.39, 0.29) is 5.82 Å². The van der Waals surface area contributed by atoms with Crippen LogP contribution < -0.4 is 5.73 Å². The highest BCUT2D eigenvalue weighted by atomic mass is 32.1. The summed E-state index contributed by atoms with van der Waals surface area (Å²) in [7, 11) is 0. The molecule has 0 fully saturated rings. The summed E-state index contributed by atoms with van der Waals surface area (Å²) in [4.78, 5) is 5.23. The van der Waals surface area contributed by atoms with Gasteiger partial charge in [0.2, 0.25) is 5.82 Å². The SMILES string of the molecule is Cc1cc(F)ccc1-c1noc(-c2sc(N)cc2C)n1. The zero-order chi connectivity index (χ0) is 14.3. The largest absolute Gasteiger partial charge is 0.391 e. The first-order valence-corrected chi connectivity index (χ1v) is 6.83. The van der Waals surface area contributed by atoms with E-state index in [0.29, 0.717) is 16.7 Å². The third-order valence-electron chi connectivity index (χ3n) is 2.99. The van der Waals surface area contributed by atoms with Gasteiger partial charge in [-0.05, 0) is 49.2 Å². The van der Waals surface area contributed by atoms with E-state index in [9.17, 15) is 4.39 Å². The molecule has 3 aromatic rings. The highest BCUT2D eigenvalue weighted by Gasteiger charge is 2.16. The summed E-state index contributed by atoms with van der Waals surface area (Å²) in [5, 5.41) is 4.66. The van der Waals surface area contributed by atoms with Crippen molar-refractivity contribution < 1.29 is 8.91 Å². The van der Waals surface area contributed by atoms with Gasteiger partial charge in [-0.15, -0.1) is 11.3 Å². The van der Waals surface area contributed by atoms with Gasteiger partial charge in [0.25, 0.3) is 5.89 Å². The molecule has 2 N–H and O–H groups in total. The molecule has 0 aliphatic rings. The van der Waals surface area contributed by atoms with Crippen molar-refractivity contribution in [3.63, 3.8) is 0 Å². The van der Waals surface area contributed by atoms with Gasteiger partial charge in [0.1, 0.15) is 5.82 Å².